The van der Waals surface area contributed by atoms with Gasteiger partial charge in [0.25, 0.3) is 12.3 Å². The topological polar surface area (TPSA) is 82.8 Å². The lowest BCUT2D eigenvalue weighted by molar-refractivity contribution is -0.137. The molecule has 1 aromatic heterocycles. The average molecular weight is 368 g/mol. The summed E-state index contributed by atoms with van der Waals surface area (Å²) in [5.74, 6) is -0.622. The van der Waals surface area contributed by atoms with Gasteiger partial charge in [-0.2, -0.15) is 0 Å². The number of furan rings is 1. The van der Waals surface area contributed by atoms with E-state index in [9.17, 15) is 23.5 Å². The summed E-state index contributed by atoms with van der Waals surface area (Å²) < 4.78 is 29.8. The number of halogens is 2. The predicted molar refractivity (Wildman–Crippen MR) is 86.5 cm³/mol. The van der Waals surface area contributed by atoms with Crippen molar-refractivity contribution in [3.05, 3.63) is 23.7 Å². The zero-order valence-electron chi connectivity index (χ0n) is 14.3. The minimum atomic E-state index is -2.79. The molecule has 1 saturated heterocycles. The number of aliphatic hydroxyl groups excluding tert-OH is 1. The number of fused-ring (bicyclic) bond motifs is 1. The molecule has 0 radical (unpaired) electrons. The van der Waals surface area contributed by atoms with Gasteiger partial charge in [-0.25, -0.2) is 8.78 Å². The molecule has 2 amide bonds. The summed E-state index contributed by atoms with van der Waals surface area (Å²) >= 11 is 0. The number of amides is 2. The van der Waals surface area contributed by atoms with Crippen LogP contribution >= 0.6 is 0 Å². The Labute approximate surface area is 149 Å². The second-order valence-electron chi connectivity index (χ2n) is 7.70. The van der Waals surface area contributed by atoms with Gasteiger partial charge in [-0.1, -0.05) is 12.8 Å². The Hall–Kier alpha value is -1.96. The van der Waals surface area contributed by atoms with Crippen LogP contribution in [0.1, 0.15) is 54.6 Å². The van der Waals surface area contributed by atoms with Crippen LogP contribution in [-0.2, 0) is 4.79 Å². The molecule has 1 aliphatic heterocycles. The largest absolute Gasteiger partial charge is 0.462 e. The van der Waals surface area contributed by atoms with Crippen LogP contribution in [0.2, 0.25) is 0 Å². The van der Waals surface area contributed by atoms with Crippen LogP contribution in [0.5, 0.6) is 0 Å². The normalized spacial score (nSPS) is 33.2. The quantitative estimate of drug-likeness (QED) is 0.853. The molecule has 4 atom stereocenters. The summed E-state index contributed by atoms with van der Waals surface area (Å²) in [6.07, 6.45) is 2.47. The maximum absolute atomic E-state index is 12.9. The van der Waals surface area contributed by atoms with E-state index in [1.54, 1.807) is 4.90 Å². The van der Waals surface area contributed by atoms with Crippen LogP contribution in [-0.4, -0.2) is 47.1 Å². The van der Waals surface area contributed by atoms with Crippen molar-refractivity contribution < 1.29 is 27.9 Å². The molecule has 3 aliphatic rings. The molecule has 2 heterocycles. The minimum Gasteiger partial charge on any atom is -0.462 e. The molecule has 3 fully saturated rings. The molecule has 0 aromatic carbocycles. The second-order valence-corrected chi connectivity index (χ2v) is 7.70. The Kier molecular flexibility index (Phi) is 4.25. The fourth-order valence-electron chi connectivity index (χ4n) is 4.51. The first-order chi connectivity index (χ1) is 12.4. The Morgan fingerprint density at radius 1 is 1.35 bits per heavy atom. The number of hydrogen-bond donors (Lipinski definition) is 2. The van der Waals surface area contributed by atoms with Crippen LogP contribution in [0.3, 0.4) is 0 Å². The van der Waals surface area contributed by atoms with Gasteiger partial charge < -0.3 is 19.7 Å². The van der Waals surface area contributed by atoms with Crippen LogP contribution in [0.15, 0.2) is 16.7 Å². The number of alkyl halides is 2. The smallest absolute Gasteiger partial charge is 0.295 e. The molecule has 26 heavy (non-hydrogen) atoms. The number of rotatable bonds is 4. The fourth-order valence-corrected chi connectivity index (χ4v) is 4.51. The second kappa shape index (κ2) is 6.33. The number of β-amino-alcohol motifs (C(OH)–C–C–N with tert-alkyl or cyclic N) is 1. The first-order valence-corrected chi connectivity index (χ1v) is 9.05. The van der Waals surface area contributed by atoms with E-state index in [1.807, 2.05) is 0 Å². The number of carbonyl (C=O) groups excluding carboxylic acids is 2. The van der Waals surface area contributed by atoms with Gasteiger partial charge >= 0.3 is 0 Å². The van der Waals surface area contributed by atoms with E-state index in [0.717, 1.165) is 38.0 Å². The fraction of sp³-hybridized carbons (Fsp3) is 0.667. The number of nitrogens with one attached hydrogen (secondary N) is 1. The van der Waals surface area contributed by atoms with Crippen molar-refractivity contribution >= 4 is 11.8 Å². The van der Waals surface area contributed by atoms with Crippen molar-refractivity contribution in [2.24, 2.45) is 11.3 Å². The minimum absolute atomic E-state index is 0.0228. The molecule has 0 bridgehead atoms. The zero-order valence-corrected chi connectivity index (χ0v) is 14.3. The molecular weight excluding hydrogens is 346 g/mol. The van der Waals surface area contributed by atoms with E-state index in [4.69, 9.17) is 0 Å². The van der Waals surface area contributed by atoms with Gasteiger partial charge in [0.2, 0.25) is 5.91 Å². The number of aliphatic hydroxyl groups is 1. The number of nitrogens with zero attached hydrogens (tertiary/aromatic N) is 1. The third kappa shape index (κ3) is 2.90. The van der Waals surface area contributed by atoms with Crippen LogP contribution in [0.25, 0.3) is 0 Å². The third-order valence-corrected chi connectivity index (χ3v) is 6.07. The van der Waals surface area contributed by atoms with E-state index in [-0.39, 0.29) is 30.0 Å². The lowest BCUT2D eigenvalue weighted by Gasteiger charge is -2.26. The summed E-state index contributed by atoms with van der Waals surface area (Å²) in [7, 11) is 0. The first-order valence-electron chi connectivity index (χ1n) is 9.05. The summed E-state index contributed by atoms with van der Waals surface area (Å²) in [5.41, 5.74) is -0.265. The Balaban J connectivity index is 1.38. The molecule has 142 valence electrons. The van der Waals surface area contributed by atoms with Gasteiger partial charge in [0.05, 0.1) is 23.1 Å². The van der Waals surface area contributed by atoms with Crippen LogP contribution in [0.4, 0.5) is 8.78 Å². The summed E-state index contributed by atoms with van der Waals surface area (Å²) in [6.45, 7) is 0.422. The Morgan fingerprint density at radius 3 is 2.85 bits per heavy atom. The number of likely N-dealkylation sites (tertiary alicyclic amines) is 1. The van der Waals surface area contributed by atoms with E-state index in [0.29, 0.717) is 5.92 Å². The van der Waals surface area contributed by atoms with E-state index >= 15 is 0 Å². The van der Waals surface area contributed by atoms with Gasteiger partial charge in [0, 0.05) is 13.1 Å². The van der Waals surface area contributed by atoms with Crippen molar-refractivity contribution in [1.29, 1.82) is 0 Å². The highest BCUT2D eigenvalue weighted by Gasteiger charge is 2.61. The van der Waals surface area contributed by atoms with Crippen LogP contribution < -0.4 is 5.32 Å². The van der Waals surface area contributed by atoms with Crippen molar-refractivity contribution in [2.45, 2.75) is 50.7 Å². The molecule has 6 nitrogen and oxygen atoms in total. The maximum Gasteiger partial charge on any atom is 0.295 e. The Bertz CT molecular complexity index is 722. The van der Waals surface area contributed by atoms with Gasteiger partial charge in [0.15, 0.2) is 5.76 Å². The Morgan fingerprint density at radius 2 is 2.15 bits per heavy atom. The van der Waals surface area contributed by atoms with Gasteiger partial charge in [-0.3, -0.25) is 9.59 Å². The van der Waals surface area contributed by atoms with Crippen molar-refractivity contribution in [2.75, 3.05) is 13.1 Å². The van der Waals surface area contributed by atoms with Crippen LogP contribution in [0, 0.1) is 11.3 Å². The van der Waals surface area contributed by atoms with Gasteiger partial charge in [-0.05, 0) is 31.2 Å². The highest BCUT2D eigenvalue weighted by molar-refractivity contribution is 5.94. The van der Waals surface area contributed by atoms with Crippen molar-refractivity contribution in [3.8, 4) is 0 Å². The molecule has 4 rings (SSSR count). The molecule has 2 saturated carbocycles. The molecule has 1 aromatic rings. The zero-order chi connectivity index (χ0) is 18.5. The summed E-state index contributed by atoms with van der Waals surface area (Å²) in [4.78, 5) is 26.7. The van der Waals surface area contributed by atoms with E-state index in [1.165, 1.54) is 6.42 Å². The maximum atomic E-state index is 12.9. The monoisotopic (exact) mass is 368 g/mol. The summed E-state index contributed by atoms with van der Waals surface area (Å²) in [6, 6.07) is 0.369. The highest BCUT2D eigenvalue weighted by Crippen LogP contribution is 2.62. The standard InChI is InChI=1S/C18H22F2N2O4/c19-15(20)14-5-10(9-26-14)16(24)21-12-7-22(8-13(12)23)17(25)18-4-2-1-3-11(18)6-18/h5,9,11-13,15,23H,1-4,6-8H2,(H,21,24)/t11?,12-,13-,18?/m1/s1. The van der Waals surface area contributed by atoms with Gasteiger partial charge in [-0.15, -0.1) is 0 Å². The molecular formula is C18H22F2N2O4. The van der Waals surface area contributed by atoms with E-state index < -0.39 is 30.2 Å². The molecule has 8 heteroatoms. The van der Waals surface area contributed by atoms with Gasteiger partial charge in [0.1, 0.15) is 6.26 Å². The third-order valence-electron chi connectivity index (χ3n) is 6.07. The molecule has 0 spiro atoms. The number of carbonyl (C=O) groups is 2. The molecule has 2 unspecified atom stereocenters. The molecule has 2 aliphatic carbocycles. The van der Waals surface area contributed by atoms with Crippen molar-refractivity contribution in [1.82, 2.24) is 10.2 Å². The average Bonchev–Trinajstić information content (AvgIpc) is 2.95. The summed E-state index contributed by atoms with van der Waals surface area (Å²) in [5, 5.41) is 12.9. The predicted octanol–water partition coefficient (Wildman–Crippen LogP) is 2.10. The highest BCUT2D eigenvalue weighted by atomic mass is 19.3. The van der Waals surface area contributed by atoms with E-state index in [2.05, 4.69) is 9.73 Å². The number of hydrogen-bond acceptors (Lipinski definition) is 4. The lowest BCUT2D eigenvalue weighted by Crippen LogP contribution is -2.43. The molecule has 2 N–H and O–H groups in total. The lowest BCUT2D eigenvalue weighted by atomic mass is 9.87. The SMILES string of the molecule is O=C(N[C@@H]1CN(C(=O)C23CCCCC2C3)C[C@H]1O)c1coc(C(F)F)c1. The van der Waals surface area contributed by atoms with Crippen molar-refractivity contribution in [3.63, 3.8) is 0 Å². The first kappa shape index (κ1) is 17.5.